The first-order valence-corrected chi connectivity index (χ1v) is 7.25. The lowest BCUT2D eigenvalue weighted by Gasteiger charge is -2.23. The minimum atomic E-state index is 0.0294. The van der Waals surface area contributed by atoms with Gasteiger partial charge in [0.15, 0.2) is 0 Å². The van der Waals surface area contributed by atoms with Gasteiger partial charge in [-0.15, -0.1) is 0 Å². The maximum Gasteiger partial charge on any atom is 0.0178 e. The Morgan fingerprint density at radius 2 is 1.74 bits per heavy atom. The summed E-state index contributed by atoms with van der Waals surface area (Å²) in [6, 6.07) is 18.6. The summed E-state index contributed by atoms with van der Waals surface area (Å²) in [5.74, 6) is 0.178. The molecular weight excluding hydrogens is 300 g/mol. The number of hydrogen-bond donors (Lipinski definition) is 2. The fourth-order valence-corrected chi connectivity index (χ4v) is 2.74. The van der Waals surface area contributed by atoms with Gasteiger partial charge in [0.25, 0.3) is 0 Å². The first-order valence-electron chi connectivity index (χ1n) is 6.45. The van der Waals surface area contributed by atoms with Crippen molar-refractivity contribution in [2.24, 2.45) is 11.5 Å². The van der Waals surface area contributed by atoms with E-state index in [0.29, 0.717) is 6.54 Å². The molecule has 4 N–H and O–H groups in total. The Morgan fingerprint density at radius 1 is 1.00 bits per heavy atom. The highest BCUT2D eigenvalue weighted by Crippen LogP contribution is 2.23. The molecule has 0 radical (unpaired) electrons. The average Bonchev–Trinajstić information content (AvgIpc) is 2.41. The van der Waals surface area contributed by atoms with Gasteiger partial charge in [-0.1, -0.05) is 58.4 Å². The Labute approximate surface area is 122 Å². The topological polar surface area (TPSA) is 52.0 Å². The molecule has 2 aromatic carbocycles. The zero-order chi connectivity index (χ0) is 13.7. The van der Waals surface area contributed by atoms with Crippen LogP contribution in [0.15, 0.2) is 59.1 Å². The van der Waals surface area contributed by atoms with Gasteiger partial charge >= 0.3 is 0 Å². The summed E-state index contributed by atoms with van der Waals surface area (Å²) in [6.07, 6.45) is 0.842. The molecule has 19 heavy (non-hydrogen) atoms. The summed E-state index contributed by atoms with van der Waals surface area (Å²) in [5.41, 5.74) is 14.7. The Hall–Kier alpha value is -1.16. The number of rotatable bonds is 5. The van der Waals surface area contributed by atoms with Crippen molar-refractivity contribution >= 4 is 15.9 Å². The highest BCUT2D eigenvalue weighted by atomic mass is 79.9. The highest BCUT2D eigenvalue weighted by Gasteiger charge is 2.18. The summed E-state index contributed by atoms with van der Waals surface area (Å²) in [7, 11) is 0. The van der Waals surface area contributed by atoms with Crippen molar-refractivity contribution in [2.45, 2.75) is 18.4 Å². The first kappa shape index (κ1) is 14.3. The number of nitrogens with two attached hydrogens (primary N) is 2. The van der Waals surface area contributed by atoms with E-state index in [1.807, 2.05) is 30.3 Å². The summed E-state index contributed by atoms with van der Waals surface area (Å²) in [4.78, 5) is 0. The van der Waals surface area contributed by atoms with Crippen molar-refractivity contribution < 1.29 is 0 Å². The molecule has 0 saturated carbocycles. The molecule has 2 unspecified atom stereocenters. The lowest BCUT2D eigenvalue weighted by atomic mass is 9.88. The SMILES string of the molecule is NCC(c1cccc(Br)c1)C(N)Cc1ccccc1. The molecule has 0 saturated heterocycles. The van der Waals surface area contributed by atoms with Crippen molar-refractivity contribution in [2.75, 3.05) is 6.54 Å². The summed E-state index contributed by atoms with van der Waals surface area (Å²) in [5, 5.41) is 0. The smallest absolute Gasteiger partial charge is 0.0178 e. The van der Waals surface area contributed by atoms with Gasteiger partial charge < -0.3 is 11.5 Å². The van der Waals surface area contributed by atoms with Crippen molar-refractivity contribution in [1.29, 1.82) is 0 Å². The van der Waals surface area contributed by atoms with Crippen molar-refractivity contribution in [1.82, 2.24) is 0 Å². The summed E-state index contributed by atoms with van der Waals surface area (Å²) >= 11 is 3.49. The largest absolute Gasteiger partial charge is 0.330 e. The molecule has 0 aromatic heterocycles. The summed E-state index contributed by atoms with van der Waals surface area (Å²) in [6.45, 7) is 0.560. The van der Waals surface area contributed by atoms with E-state index < -0.39 is 0 Å². The zero-order valence-corrected chi connectivity index (χ0v) is 12.4. The van der Waals surface area contributed by atoms with Gasteiger partial charge in [-0.2, -0.15) is 0 Å². The monoisotopic (exact) mass is 318 g/mol. The van der Waals surface area contributed by atoms with E-state index >= 15 is 0 Å². The van der Waals surface area contributed by atoms with Crippen molar-refractivity contribution in [3.05, 3.63) is 70.2 Å². The molecule has 2 aromatic rings. The first-order chi connectivity index (χ1) is 9.20. The maximum atomic E-state index is 6.35. The normalized spacial score (nSPS) is 14.1. The molecule has 0 heterocycles. The van der Waals surface area contributed by atoms with E-state index in [0.717, 1.165) is 10.9 Å². The molecule has 0 amide bonds. The van der Waals surface area contributed by atoms with E-state index in [1.165, 1.54) is 11.1 Å². The molecule has 0 aliphatic heterocycles. The number of benzene rings is 2. The van der Waals surface area contributed by atoms with Crippen LogP contribution >= 0.6 is 15.9 Å². The van der Waals surface area contributed by atoms with Gasteiger partial charge in [-0.3, -0.25) is 0 Å². The molecule has 0 aliphatic rings. The van der Waals surface area contributed by atoms with Crippen LogP contribution < -0.4 is 11.5 Å². The average molecular weight is 319 g/mol. The van der Waals surface area contributed by atoms with Crippen LogP contribution in [0.4, 0.5) is 0 Å². The number of halogens is 1. The van der Waals surface area contributed by atoms with Crippen LogP contribution in [0.3, 0.4) is 0 Å². The molecule has 2 atom stereocenters. The highest BCUT2D eigenvalue weighted by molar-refractivity contribution is 9.10. The van der Waals surface area contributed by atoms with Crippen LogP contribution in [-0.4, -0.2) is 12.6 Å². The minimum Gasteiger partial charge on any atom is -0.330 e. The predicted octanol–water partition coefficient (Wildman–Crippen LogP) is 3.06. The molecule has 0 aliphatic carbocycles. The van der Waals surface area contributed by atoms with Gasteiger partial charge in [0.1, 0.15) is 0 Å². The molecule has 0 bridgehead atoms. The third-order valence-corrected chi connectivity index (χ3v) is 3.86. The molecule has 2 rings (SSSR count). The second kappa shape index (κ2) is 6.85. The van der Waals surface area contributed by atoms with Crippen LogP contribution in [0.2, 0.25) is 0 Å². The summed E-state index contributed by atoms with van der Waals surface area (Å²) < 4.78 is 1.07. The van der Waals surface area contributed by atoms with Gasteiger partial charge in [0.2, 0.25) is 0 Å². The van der Waals surface area contributed by atoms with Crippen LogP contribution in [0.5, 0.6) is 0 Å². The standard InChI is InChI=1S/C16H19BrN2/c17-14-8-4-7-13(10-14)15(11-18)16(19)9-12-5-2-1-3-6-12/h1-8,10,15-16H,9,11,18-19H2. The van der Waals surface area contributed by atoms with Gasteiger partial charge in [-0.25, -0.2) is 0 Å². The van der Waals surface area contributed by atoms with Crippen LogP contribution in [0.1, 0.15) is 17.0 Å². The second-order valence-electron chi connectivity index (χ2n) is 4.75. The van der Waals surface area contributed by atoms with Crippen molar-refractivity contribution in [3.63, 3.8) is 0 Å². The molecule has 3 heteroatoms. The Bertz CT molecular complexity index is 513. The quantitative estimate of drug-likeness (QED) is 0.890. The van der Waals surface area contributed by atoms with E-state index in [9.17, 15) is 0 Å². The molecule has 2 nitrogen and oxygen atoms in total. The fourth-order valence-electron chi connectivity index (χ4n) is 2.32. The van der Waals surface area contributed by atoms with E-state index in [1.54, 1.807) is 0 Å². The fraction of sp³-hybridized carbons (Fsp3) is 0.250. The maximum absolute atomic E-state index is 6.35. The van der Waals surface area contributed by atoms with Crippen LogP contribution in [-0.2, 0) is 6.42 Å². The van der Waals surface area contributed by atoms with Crippen LogP contribution in [0.25, 0.3) is 0 Å². The van der Waals surface area contributed by atoms with E-state index in [2.05, 4.69) is 40.2 Å². The lowest BCUT2D eigenvalue weighted by Crippen LogP contribution is -2.35. The molecule has 0 fully saturated rings. The Kier molecular flexibility index (Phi) is 5.14. The molecule has 100 valence electrons. The zero-order valence-electron chi connectivity index (χ0n) is 10.8. The molecule has 0 spiro atoms. The Balaban J connectivity index is 2.13. The van der Waals surface area contributed by atoms with E-state index in [-0.39, 0.29) is 12.0 Å². The van der Waals surface area contributed by atoms with Crippen molar-refractivity contribution in [3.8, 4) is 0 Å². The second-order valence-corrected chi connectivity index (χ2v) is 5.67. The van der Waals surface area contributed by atoms with Gasteiger partial charge in [-0.05, 0) is 29.7 Å². The van der Waals surface area contributed by atoms with Gasteiger partial charge in [0.05, 0.1) is 0 Å². The van der Waals surface area contributed by atoms with Crippen LogP contribution in [0, 0.1) is 0 Å². The molecular formula is C16H19BrN2. The third kappa shape index (κ3) is 3.90. The lowest BCUT2D eigenvalue weighted by molar-refractivity contribution is 0.535. The third-order valence-electron chi connectivity index (χ3n) is 3.36. The number of hydrogen-bond acceptors (Lipinski definition) is 2. The van der Waals surface area contributed by atoms with Gasteiger partial charge in [0, 0.05) is 23.0 Å². The minimum absolute atomic E-state index is 0.0294. The predicted molar refractivity (Wildman–Crippen MR) is 84.1 cm³/mol. The Morgan fingerprint density at radius 3 is 2.37 bits per heavy atom. The van der Waals surface area contributed by atoms with E-state index in [4.69, 9.17) is 11.5 Å².